The van der Waals surface area contributed by atoms with Gasteiger partial charge in [-0.2, -0.15) is 0 Å². The quantitative estimate of drug-likeness (QED) is 0.251. The molecule has 0 bridgehead atoms. The number of carbonyl (C=O) groups excluding carboxylic acids is 1. The van der Waals surface area contributed by atoms with Crippen LogP contribution in [0.1, 0.15) is 12.5 Å². The highest BCUT2D eigenvalue weighted by molar-refractivity contribution is 7.99. The number of aromatic nitrogens is 4. The minimum atomic E-state index is -0.469. The molecule has 2 aromatic heterocycles. The van der Waals surface area contributed by atoms with Crippen LogP contribution in [0, 0.1) is 0 Å². The van der Waals surface area contributed by atoms with Gasteiger partial charge in [0.2, 0.25) is 5.91 Å². The molecule has 0 aliphatic carbocycles. The molecule has 1 amide bonds. The molecule has 10 nitrogen and oxygen atoms in total. The lowest BCUT2D eigenvalue weighted by molar-refractivity contribution is -0.113. The van der Waals surface area contributed by atoms with Crippen LogP contribution in [0.25, 0.3) is 11.2 Å². The Hall–Kier alpha value is -3.34. The van der Waals surface area contributed by atoms with E-state index in [1.807, 2.05) is 0 Å². The van der Waals surface area contributed by atoms with Crippen molar-refractivity contribution < 1.29 is 10.0 Å². The highest BCUT2D eigenvalue weighted by Gasteiger charge is 2.14. The summed E-state index contributed by atoms with van der Waals surface area (Å²) in [5, 5.41) is 15.0. The van der Waals surface area contributed by atoms with Crippen LogP contribution in [0.15, 0.2) is 44.2 Å². The van der Waals surface area contributed by atoms with Gasteiger partial charge in [-0.1, -0.05) is 29.1 Å². The first-order valence-corrected chi connectivity index (χ1v) is 9.18. The zero-order valence-corrected chi connectivity index (χ0v) is 16.2. The van der Waals surface area contributed by atoms with Crippen molar-refractivity contribution >= 4 is 40.2 Å². The Bertz CT molecular complexity index is 1190. The number of carbonyl (C=O) groups is 1. The molecular weight excluding hydrogens is 384 g/mol. The van der Waals surface area contributed by atoms with E-state index in [0.717, 1.165) is 21.9 Å². The third kappa shape index (κ3) is 3.69. The van der Waals surface area contributed by atoms with Gasteiger partial charge < -0.3 is 15.5 Å². The number of benzene rings is 1. The Balaban J connectivity index is 1.69. The van der Waals surface area contributed by atoms with Crippen LogP contribution in [0.2, 0.25) is 0 Å². The van der Waals surface area contributed by atoms with Crippen LogP contribution in [-0.4, -0.2) is 41.7 Å². The van der Waals surface area contributed by atoms with E-state index in [4.69, 9.17) is 5.21 Å². The summed E-state index contributed by atoms with van der Waals surface area (Å²) in [6, 6.07) is 6.86. The van der Waals surface area contributed by atoms with Crippen molar-refractivity contribution in [2.75, 3.05) is 11.1 Å². The van der Waals surface area contributed by atoms with Gasteiger partial charge in [0, 0.05) is 19.8 Å². The Morgan fingerprint density at radius 1 is 1.25 bits per heavy atom. The molecule has 3 aromatic rings. The number of aromatic amines is 1. The van der Waals surface area contributed by atoms with Crippen LogP contribution in [0.3, 0.4) is 0 Å². The number of anilines is 1. The Kier molecular flexibility index (Phi) is 5.36. The Morgan fingerprint density at radius 2 is 1.93 bits per heavy atom. The summed E-state index contributed by atoms with van der Waals surface area (Å²) in [5.74, 6) is -0.194. The molecule has 28 heavy (non-hydrogen) atoms. The fourth-order valence-electron chi connectivity index (χ4n) is 2.56. The third-order valence-electron chi connectivity index (χ3n) is 4.15. The summed E-state index contributed by atoms with van der Waals surface area (Å²) in [4.78, 5) is 43.4. The zero-order chi connectivity index (χ0) is 20.4. The summed E-state index contributed by atoms with van der Waals surface area (Å²) in [5.41, 5.74) is 1.33. The molecule has 11 heteroatoms. The van der Waals surface area contributed by atoms with Gasteiger partial charge in [-0.3, -0.25) is 18.7 Å². The lowest BCUT2D eigenvalue weighted by Crippen LogP contribution is -2.36. The predicted molar refractivity (Wildman–Crippen MR) is 106 cm³/mol. The van der Waals surface area contributed by atoms with Crippen molar-refractivity contribution in [1.82, 2.24) is 19.1 Å². The Morgan fingerprint density at radius 3 is 2.57 bits per heavy atom. The number of aryl methyl sites for hydroxylation is 1. The number of imidazole rings is 1. The summed E-state index contributed by atoms with van der Waals surface area (Å²) in [6.07, 6.45) is 0. The zero-order valence-electron chi connectivity index (χ0n) is 15.4. The molecule has 0 unspecified atom stereocenters. The molecule has 0 saturated carbocycles. The smallest absolute Gasteiger partial charge is 0.332 e. The summed E-state index contributed by atoms with van der Waals surface area (Å²) in [7, 11) is 2.92. The number of nitrogens with one attached hydrogen (secondary N) is 2. The van der Waals surface area contributed by atoms with Crippen molar-refractivity contribution in [2.24, 2.45) is 19.3 Å². The number of fused-ring (bicyclic) bond motifs is 1. The SMILES string of the molecule is C/C(=N/O)c1ccc(NC(=O)CSc2nc3c([nH]2)c(=O)n(C)c(=O)n3C)cc1. The molecule has 0 spiro atoms. The first kappa shape index (κ1) is 19.4. The van der Waals surface area contributed by atoms with E-state index in [1.165, 1.54) is 18.7 Å². The van der Waals surface area contributed by atoms with E-state index in [-0.39, 0.29) is 22.8 Å². The lowest BCUT2D eigenvalue weighted by atomic mass is 10.1. The molecule has 0 saturated heterocycles. The molecule has 0 radical (unpaired) electrons. The summed E-state index contributed by atoms with van der Waals surface area (Å²) < 4.78 is 2.27. The van der Waals surface area contributed by atoms with E-state index in [2.05, 4.69) is 20.4 Å². The van der Waals surface area contributed by atoms with Gasteiger partial charge in [0.1, 0.15) is 0 Å². The normalized spacial score (nSPS) is 11.8. The second kappa shape index (κ2) is 7.72. The van der Waals surface area contributed by atoms with E-state index in [9.17, 15) is 14.4 Å². The molecule has 0 fully saturated rings. The van der Waals surface area contributed by atoms with Gasteiger partial charge in [-0.15, -0.1) is 0 Å². The number of amides is 1. The number of rotatable bonds is 5. The number of oxime groups is 1. The van der Waals surface area contributed by atoms with Gasteiger partial charge in [-0.25, -0.2) is 9.78 Å². The summed E-state index contributed by atoms with van der Waals surface area (Å²) in [6.45, 7) is 1.67. The molecule has 0 aliphatic heterocycles. The van der Waals surface area contributed by atoms with Crippen molar-refractivity contribution in [2.45, 2.75) is 12.1 Å². The molecule has 1 aromatic carbocycles. The van der Waals surface area contributed by atoms with Gasteiger partial charge in [0.15, 0.2) is 16.3 Å². The van der Waals surface area contributed by atoms with Gasteiger partial charge >= 0.3 is 5.69 Å². The molecule has 146 valence electrons. The van der Waals surface area contributed by atoms with Gasteiger partial charge in [-0.05, 0) is 24.6 Å². The number of hydrogen-bond donors (Lipinski definition) is 3. The van der Waals surface area contributed by atoms with Crippen LogP contribution in [-0.2, 0) is 18.9 Å². The van der Waals surface area contributed by atoms with Gasteiger partial charge in [0.25, 0.3) is 5.56 Å². The van der Waals surface area contributed by atoms with Gasteiger partial charge in [0.05, 0.1) is 11.5 Å². The summed E-state index contributed by atoms with van der Waals surface area (Å²) >= 11 is 1.12. The molecule has 2 heterocycles. The number of hydrogen-bond acceptors (Lipinski definition) is 7. The largest absolute Gasteiger partial charge is 0.411 e. The molecule has 3 N–H and O–H groups in total. The van der Waals surface area contributed by atoms with Crippen LogP contribution in [0.5, 0.6) is 0 Å². The fraction of sp³-hybridized carbons (Fsp3) is 0.235. The van der Waals surface area contributed by atoms with E-state index < -0.39 is 11.2 Å². The van der Waals surface area contributed by atoms with Crippen molar-refractivity contribution in [3.05, 3.63) is 50.7 Å². The minimum Gasteiger partial charge on any atom is -0.411 e. The topological polar surface area (TPSA) is 134 Å². The maximum absolute atomic E-state index is 12.2. The minimum absolute atomic E-state index is 0.0625. The molecule has 3 rings (SSSR count). The second-order valence-corrected chi connectivity index (χ2v) is 7.01. The number of H-pyrrole nitrogens is 1. The molecule has 0 atom stereocenters. The number of nitrogens with zero attached hydrogens (tertiary/aromatic N) is 4. The fourth-order valence-corrected chi connectivity index (χ4v) is 3.22. The molecule has 0 aliphatic rings. The predicted octanol–water partition coefficient (Wildman–Crippen LogP) is 0.889. The van der Waals surface area contributed by atoms with Crippen molar-refractivity contribution in [3.63, 3.8) is 0 Å². The maximum atomic E-state index is 12.2. The first-order chi connectivity index (χ1) is 13.3. The highest BCUT2D eigenvalue weighted by atomic mass is 32.2. The standard InChI is InChI=1S/C17H18N6O4S/c1-9(21-27)10-4-6-11(7-5-10)18-12(24)8-28-16-19-13-14(20-16)22(2)17(26)23(3)15(13)25/h4-7,27H,8H2,1-3H3,(H,18,24)(H,19,20)/b21-9-. The van der Waals surface area contributed by atoms with Crippen molar-refractivity contribution in [1.29, 1.82) is 0 Å². The van der Waals surface area contributed by atoms with E-state index in [0.29, 0.717) is 16.6 Å². The van der Waals surface area contributed by atoms with Crippen LogP contribution in [0.4, 0.5) is 5.69 Å². The monoisotopic (exact) mass is 402 g/mol. The lowest BCUT2D eigenvalue weighted by Gasteiger charge is -2.05. The van der Waals surface area contributed by atoms with E-state index >= 15 is 0 Å². The maximum Gasteiger partial charge on any atom is 0.332 e. The highest BCUT2D eigenvalue weighted by Crippen LogP contribution is 2.17. The molecular formula is C17H18N6O4S. The third-order valence-corrected chi connectivity index (χ3v) is 5.02. The van der Waals surface area contributed by atoms with Crippen LogP contribution < -0.4 is 16.6 Å². The average Bonchev–Trinajstić information content (AvgIpc) is 3.13. The average molecular weight is 402 g/mol. The number of thioether (sulfide) groups is 1. The van der Waals surface area contributed by atoms with E-state index in [1.54, 1.807) is 31.2 Å². The first-order valence-electron chi connectivity index (χ1n) is 8.19. The van der Waals surface area contributed by atoms with Crippen molar-refractivity contribution in [3.8, 4) is 0 Å². The Labute approximate surface area is 162 Å². The second-order valence-electron chi connectivity index (χ2n) is 6.05. The van der Waals surface area contributed by atoms with Crippen LogP contribution >= 0.6 is 11.8 Å².